The lowest BCUT2D eigenvalue weighted by molar-refractivity contribution is -0.0750. The predicted molar refractivity (Wildman–Crippen MR) is 78.2 cm³/mol. The van der Waals surface area contributed by atoms with Crippen molar-refractivity contribution in [2.45, 2.75) is 38.7 Å². The highest BCUT2D eigenvalue weighted by Gasteiger charge is 2.43. The van der Waals surface area contributed by atoms with E-state index in [1.165, 1.54) is 44.3 Å². The van der Waals surface area contributed by atoms with E-state index in [4.69, 9.17) is 4.74 Å². The molecule has 2 saturated heterocycles. The van der Waals surface area contributed by atoms with Gasteiger partial charge in [0.15, 0.2) is 0 Å². The summed E-state index contributed by atoms with van der Waals surface area (Å²) >= 11 is 0. The zero-order valence-electron chi connectivity index (χ0n) is 11.9. The average Bonchev–Trinajstić information content (AvgIpc) is 2.43. The standard InChI is InChI=1S/C17H25NO/c1-14-12-17(8-10-19-14)7-9-18-13-16(17)11-15-5-3-2-4-6-15/h2-6,14,16,18H,7-13H2,1H3. The molecule has 0 amide bonds. The largest absolute Gasteiger partial charge is 0.378 e. The van der Waals surface area contributed by atoms with Gasteiger partial charge in [0.2, 0.25) is 0 Å². The Morgan fingerprint density at radius 3 is 2.89 bits per heavy atom. The minimum absolute atomic E-state index is 0.435. The van der Waals surface area contributed by atoms with Gasteiger partial charge >= 0.3 is 0 Å². The van der Waals surface area contributed by atoms with Crippen molar-refractivity contribution in [1.82, 2.24) is 5.32 Å². The Bertz CT molecular complexity index is 401. The number of hydrogen-bond acceptors (Lipinski definition) is 2. The molecule has 3 atom stereocenters. The van der Waals surface area contributed by atoms with E-state index in [1.54, 1.807) is 0 Å². The summed E-state index contributed by atoms with van der Waals surface area (Å²) < 4.78 is 5.78. The zero-order chi connectivity index (χ0) is 13.1. The molecular formula is C17H25NO. The molecule has 3 unspecified atom stereocenters. The summed E-state index contributed by atoms with van der Waals surface area (Å²) in [6, 6.07) is 11.0. The van der Waals surface area contributed by atoms with Crippen molar-refractivity contribution < 1.29 is 4.74 Å². The molecule has 2 heterocycles. The average molecular weight is 259 g/mol. The monoisotopic (exact) mass is 259 g/mol. The van der Waals surface area contributed by atoms with Crippen LogP contribution in [0.4, 0.5) is 0 Å². The minimum atomic E-state index is 0.435. The van der Waals surface area contributed by atoms with Crippen LogP contribution in [0.25, 0.3) is 0 Å². The first-order valence-electron chi connectivity index (χ1n) is 7.65. The van der Waals surface area contributed by atoms with E-state index in [0.717, 1.165) is 12.5 Å². The van der Waals surface area contributed by atoms with E-state index in [9.17, 15) is 0 Å². The molecule has 0 bridgehead atoms. The highest BCUT2D eigenvalue weighted by atomic mass is 16.5. The third kappa shape index (κ3) is 2.85. The number of ether oxygens (including phenoxy) is 1. The van der Waals surface area contributed by atoms with Crippen LogP contribution in [0.2, 0.25) is 0 Å². The Kier molecular flexibility index (Phi) is 3.90. The van der Waals surface area contributed by atoms with Gasteiger partial charge in [-0.05, 0) is 62.6 Å². The maximum atomic E-state index is 5.78. The van der Waals surface area contributed by atoms with Crippen molar-refractivity contribution in [3.05, 3.63) is 35.9 Å². The molecule has 3 rings (SSSR count). The first-order chi connectivity index (χ1) is 9.28. The lowest BCUT2D eigenvalue weighted by Gasteiger charge is -2.49. The van der Waals surface area contributed by atoms with Crippen molar-refractivity contribution in [2.75, 3.05) is 19.7 Å². The van der Waals surface area contributed by atoms with E-state index >= 15 is 0 Å². The molecule has 0 aliphatic carbocycles. The summed E-state index contributed by atoms with van der Waals surface area (Å²) in [6.07, 6.45) is 5.45. The van der Waals surface area contributed by atoms with Crippen molar-refractivity contribution in [2.24, 2.45) is 11.3 Å². The molecule has 1 spiro atoms. The second-order valence-electron chi connectivity index (χ2n) is 6.34. The summed E-state index contributed by atoms with van der Waals surface area (Å²) in [4.78, 5) is 0. The van der Waals surface area contributed by atoms with Crippen molar-refractivity contribution in [3.63, 3.8) is 0 Å². The molecule has 1 aromatic rings. The van der Waals surface area contributed by atoms with Crippen LogP contribution in [0.15, 0.2) is 30.3 Å². The normalized spacial score (nSPS) is 35.4. The third-order valence-corrected chi connectivity index (χ3v) is 5.08. The van der Waals surface area contributed by atoms with Crippen LogP contribution in [0.1, 0.15) is 31.7 Å². The van der Waals surface area contributed by atoms with Crippen molar-refractivity contribution in [3.8, 4) is 0 Å². The number of piperidine rings is 1. The van der Waals surface area contributed by atoms with Crippen LogP contribution in [-0.4, -0.2) is 25.8 Å². The summed E-state index contributed by atoms with van der Waals surface area (Å²) in [7, 11) is 0. The molecule has 2 aliphatic rings. The summed E-state index contributed by atoms with van der Waals surface area (Å²) in [6.45, 7) is 5.54. The van der Waals surface area contributed by atoms with E-state index in [1.807, 2.05) is 0 Å². The fourth-order valence-electron chi connectivity index (χ4n) is 4.02. The summed E-state index contributed by atoms with van der Waals surface area (Å²) in [5.41, 5.74) is 1.99. The third-order valence-electron chi connectivity index (χ3n) is 5.08. The lowest BCUT2D eigenvalue weighted by Crippen LogP contribution is -2.50. The fraction of sp³-hybridized carbons (Fsp3) is 0.647. The molecule has 0 radical (unpaired) electrons. The zero-order valence-corrected chi connectivity index (χ0v) is 11.9. The fourth-order valence-corrected chi connectivity index (χ4v) is 4.02. The molecule has 2 nitrogen and oxygen atoms in total. The molecule has 1 aromatic carbocycles. The van der Waals surface area contributed by atoms with E-state index in [-0.39, 0.29) is 0 Å². The van der Waals surface area contributed by atoms with E-state index in [0.29, 0.717) is 11.5 Å². The highest BCUT2D eigenvalue weighted by Crippen LogP contribution is 2.46. The van der Waals surface area contributed by atoms with Crippen LogP contribution in [-0.2, 0) is 11.2 Å². The smallest absolute Gasteiger partial charge is 0.0552 e. The Morgan fingerprint density at radius 2 is 2.11 bits per heavy atom. The van der Waals surface area contributed by atoms with Crippen LogP contribution >= 0.6 is 0 Å². The van der Waals surface area contributed by atoms with Gasteiger partial charge in [-0.2, -0.15) is 0 Å². The Labute approximate surface area is 116 Å². The molecule has 1 N–H and O–H groups in total. The highest BCUT2D eigenvalue weighted by molar-refractivity contribution is 5.16. The Morgan fingerprint density at radius 1 is 1.26 bits per heavy atom. The summed E-state index contributed by atoms with van der Waals surface area (Å²) in [5.74, 6) is 0.759. The number of benzene rings is 1. The number of hydrogen-bond donors (Lipinski definition) is 1. The molecule has 2 heteroatoms. The molecule has 2 fully saturated rings. The molecule has 2 aliphatic heterocycles. The maximum Gasteiger partial charge on any atom is 0.0552 e. The van der Waals surface area contributed by atoms with Crippen molar-refractivity contribution >= 4 is 0 Å². The second kappa shape index (κ2) is 5.64. The SMILES string of the molecule is CC1CC2(CCNCC2Cc2ccccc2)CCO1. The Hall–Kier alpha value is -0.860. The van der Waals surface area contributed by atoms with Gasteiger partial charge in [0.25, 0.3) is 0 Å². The van der Waals surface area contributed by atoms with Gasteiger partial charge in [-0.3, -0.25) is 0 Å². The van der Waals surface area contributed by atoms with Crippen LogP contribution in [0.5, 0.6) is 0 Å². The first kappa shape index (κ1) is 13.1. The van der Waals surface area contributed by atoms with Gasteiger partial charge < -0.3 is 10.1 Å². The summed E-state index contributed by atoms with van der Waals surface area (Å²) in [5, 5.41) is 3.60. The number of rotatable bonds is 2. The van der Waals surface area contributed by atoms with Gasteiger partial charge in [0.1, 0.15) is 0 Å². The second-order valence-corrected chi connectivity index (χ2v) is 6.34. The van der Waals surface area contributed by atoms with Crippen LogP contribution in [0.3, 0.4) is 0 Å². The Balaban J connectivity index is 1.77. The van der Waals surface area contributed by atoms with Crippen molar-refractivity contribution in [1.29, 1.82) is 0 Å². The quantitative estimate of drug-likeness (QED) is 0.881. The van der Waals surface area contributed by atoms with Gasteiger partial charge in [-0.25, -0.2) is 0 Å². The molecule has 19 heavy (non-hydrogen) atoms. The minimum Gasteiger partial charge on any atom is -0.378 e. The van der Waals surface area contributed by atoms with Gasteiger partial charge in [-0.15, -0.1) is 0 Å². The van der Waals surface area contributed by atoms with Gasteiger partial charge in [0, 0.05) is 6.61 Å². The first-order valence-corrected chi connectivity index (χ1v) is 7.65. The van der Waals surface area contributed by atoms with E-state index < -0.39 is 0 Å². The molecule has 0 saturated carbocycles. The van der Waals surface area contributed by atoms with Gasteiger partial charge in [0.05, 0.1) is 6.10 Å². The number of nitrogens with one attached hydrogen (secondary N) is 1. The molecular weight excluding hydrogens is 234 g/mol. The topological polar surface area (TPSA) is 21.3 Å². The van der Waals surface area contributed by atoms with Crippen LogP contribution in [0, 0.1) is 11.3 Å². The maximum absolute atomic E-state index is 5.78. The molecule has 104 valence electrons. The molecule has 0 aromatic heterocycles. The predicted octanol–water partition coefficient (Wildman–Crippen LogP) is 3.02. The van der Waals surface area contributed by atoms with E-state index in [2.05, 4.69) is 42.6 Å². The van der Waals surface area contributed by atoms with Gasteiger partial charge in [-0.1, -0.05) is 30.3 Å². The lowest BCUT2D eigenvalue weighted by atomic mass is 9.63. The van der Waals surface area contributed by atoms with Crippen LogP contribution < -0.4 is 5.32 Å².